The molecule has 1 fully saturated rings. The van der Waals surface area contributed by atoms with Crippen molar-refractivity contribution in [2.45, 2.75) is 24.7 Å². The van der Waals surface area contributed by atoms with Gasteiger partial charge in [-0.25, -0.2) is 0 Å². The maximum Gasteiger partial charge on any atom is 0.387 e. The fraction of sp³-hybridized carbons (Fsp3) is 1.00. The molecule has 0 aromatic carbocycles. The summed E-state index contributed by atoms with van der Waals surface area (Å²) in [5, 5.41) is 6.31. The molecule has 0 amide bonds. The van der Waals surface area contributed by atoms with E-state index in [4.69, 9.17) is 0 Å². The fourth-order valence-electron chi connectivity index (χ4n) is 2.06. The fourth-order valence-corrected chi connectivity index (χ4v) is 4.93. The third-order valence-corrected chi connectivity index (χ3v) is 6.73. The predicted octanol–water partition coefficient (Wildman–Crippen LogP) is 0.392. The lowest BCUT2D eigenvalue weighted by Crippen LogP contribution is -2.57. The lowest BCUT2D eigenvalue weighted by Gasteiger charge is -2.36. The van der Waals surface area contributed by atoms with Gasteiger partial charge in [0, 0.05) is 6.54 Å². The summed E-state index contributed by atoms with van der Waals surface area (Å²) in [5.74, 6) is 0. The topological polar surface area (TPSA) is 18.5 Å². The Labute approximate surface area is 93.1 Å². The van der Waals surface area contributed by atoms with Crippen LogP contribution < -0.4 is 5.32 Å². The van der Waals surface area contributed by atoms with Crippen LogP contribution in [0.5, 0.6) is 0 Å². The maximum atomic E-state index is 3.56. The monoisotopic (exact) mass is 213 g/mol. The highest BCUT2D eigenvalue weighted by Gasteiger charge is 2.29. The highest BCUT2D eigenvalue weighted by Crippen LogP contribution is 2.09. The zero-order chi connectivity index (χ0) is 10.6. The molecule has 4 heteroatoms. The number of hydrogen-bond donors (Lipinski definition) is 1. The van der Waals surface area contributed by atoms with Crippen LogP contribution in [0.1, 0.15) is 13.3 Å². The van der Waals surface area contributed by atoms with Crippen LogP contribution in [0.25, 0.3) is 0 Å². The first-order valence-corrected chi connectivity index (χ1v) is 7.83. The predicted molar refractivity (Wildman–Crippen MR) is 63.8 cm³/mol. The van der Waals surface area contributed by atoms with Crippen molar-refractivity contribution in [1.29, 1.82) is 0 Å². The standard InChI is InChI=1S/C5H12N2.C5H12N.Al/c1-5(7-3)4-6-2;1-4-5-6(2)3;/h5-6H,2,4H2,1,3H3;1,4-5H2,2-3H3;/q-1;;+1. The second-order valence-electron chi connectivity index (χ2n) is 4.77. The van der Waals surface area contributed by atoms with Gasteiger partial charge in [-0.1, -0.05) is 18.6 Å². The van der Waals surface area contributed by atoms with Crippen LogP contribution in [0.3, 0.4) is 0 Å². The minimum atomic E-state index is -0.641. The molecule has 0 saturated carbocycles. The molecule has 1 saturated heterocycles. The van der Waals surface area contributed by atoms with Gasteiger partial charge in [0.2, 0.25) is 0 Å². The Balaban J connectivity index is 2.22. The van der Waals surface area contributed by atoms with Gasteiger partial charge in [0.25, 0.3) is 0 Å². The lowest BCUT2D eigenvalue weighted by atomic mass is 10.3. The molecule has 1 rings (SSSR count). The number of hydrogen-bond acceptors (Lipinski definition) is 3. The van der Waals surface area contributed by atoms with Crippen molar-refractivity contribution in [3.63, 3.8) is 0 Å². The first-order chi connectivity index (χ1) is 6.61. The molecule has 1 aliphatic rings. The van der Waals surface area contributed by atoms with Gasteiger partial charge < -0.3 is 14.1 Å². The first-order valence-electron chi connectivity index (χ1n) is 5.68. The van der Waals surface area contributed by atoms with E-state index < -0.39 is 14.4 Å². The molecule has 14 heavy (non-hydrogen) atoms. The number of likely N-dealkylation sites (N-methyl/N-ethyl adjacent to an activating group) is 1. The molecule has 3 nitrogen and oxygen atoms in total. The van der Waals surface area contributed by atoms with Crippen molar-refractivity contribution in [2.24, 2.45) is 0 Å². The van der Waals surface area contributed by atoms with Crippen LogP contribution in [0.2, 0.25) is 5.28 Å². The van der Waals surface area contributed by atoms with Crippen molar-refractivity contribution >= 4 is 14.4 Å². The Morgan fingerprint density at radius 2 is 2.21 bits per heavy atom. The lowest BCUT2D eigenvalue weighted by molar-refractivity contribution is 0.352. The first kappa shape index (κ1) is 12.5. The summed E-state index contributed by atoms with van der Waals surface area (Å²) in [4.78, 5) is 2.29. The van der Waals surface area contributed by atoms with E-state index in [0.29, 0.717) is 0 Å². The molecule has 0 spiro atoms. The van der Waals surface area contributed by atoms with E-state index in [1.54, 1.807) is 0 Å². The Bertz CT molecular complexity index is 163. The minimum absolute atomic E-state index is 0.641. The smallest absolute Gasteiger partial charge is 0.383 e. The average molecular weight is 213 g/mol. The quantitative estimate of drug-likeness (QED) is 0.682. The van der Waals surface area contributed by atoms with Gasteiger partial charge in [-0.15, -0.1) is 0 Å². The van der Waals surface area contributed by atoms with Gasteiger partial charge in [0.15, 0.2) is 0 Å². The molecular formula is C10H24AlN3. The van der Waals surface area contributed by atoms with Crippen LogP contribution in [0.4, 0.5) is 0 Å². The summed E-state index contributed by atoms with van der Waals surface area (Å²) in [6.45, 7) is 4.75. The van der Waals surface area contributed by atoms with E-state index in [-0.39, 0.29) is 0 Å². The summed E-state index contributed by atoms with van der Waals surface area (Å²) in [7, 11) is 6.64. The Morgan fingerprint density at radius 1 is 1.50 bits per heavy atom. The van der Waals surface area contributed by atoms with Crippen molar-refractivity contribution in [1.82, 2.24) is 14.1 Å². The summed E-state index contributed by atoms with van der Waals surface area (Å²) in [6.07, 6.45) is 1.36. The molecule has 0 bridgehead atoms. The van der Waals surface area contributed by atoms with Gasteiger partial charge >= 0.3 is 14.4 Å². The summed E-state index contributed by atoms with van der Waals surface area (Å²) >= 11 is -0.641. The average Bonchev–Trinajstić information content (AvgIpc) is 2.12. The summed E-state index contributed by atoms with van der Waals surface area (Å²) < 4.78 is 2.66. The van der Waals surface area contributed by atoms with Crippen LogP contribution in [-0.2, 0) is 0 Å². The minimum Gasteiger partial charge on any atom is -0.383 e. The van der Waals surface area contributed by atoms with Crippen molar-refractivity contribution in [3.05, 3.63) is 0 Å². The zero-order valence-corrected chi connectivity index (χ0v) is 11.2. The van der Waals surface area contributed by atoms with E-state index in [1.807, 2.05) is 0 Å². The summed E-state index contributed by atoms with van der Waals surface area (Å²) in [6, 6.07) is 0.750. The molecule has 1 unspecified atom stereocenters. The maximum absolute atomic E-state index is 3.56. The molecule has 0 radical (unpaired) electrons. The number of nitrogens with one attached hydrogen (secondary N) is 1. The third kappa shape index (κ3) is 3.88. The Kier molecular flexibility index (Phi) is 5.43. The van der Waals surface area contributed by atoms with Gasteiger partial charge in [-0.05, 0) is 39.1 Å². The molecule has 0 aromatic rings. The van der Waals surface area contributed by atoms with Crippen molar-refractivity contribution < 1.29 is 0 Å². The van der Waals surface area contributed by atoms with E-state index in [2.05, 4.69) is 42.2 Å². The molecule has 1 aliphatic heterocycles. The Morgan fingerprint density at radius 3 is 2.86 bits per heavy atom. The van der Waals surface area contributed by atoms with E-state index in [9.17, 15) is 0 Å². The largest absolute Gasteiger partial charge is 0.387 e. The Hall–Kier alpha value is 0.412. The number of rotatable bonds is 4. The highest BCUT2D eigenvalue weighted by atomic mass is 27.2. The SMILES string of the molecule is CC1CN[CH2][Al]([CH2]CCN(C)C)[N]1C. The van der Waals surface area contributed by atoms with Crippen LogP contribution >= 0.6 is 0 Å². The highest BCUT2D eigenvalue weighted by molar-refractivity contribution is 6.56. The molecule has 0 aliphatic carbocycles. The van der Waals surface area contributed by atoms with Crippen LogP contribution in [0, 0.1) is 0 Å². The molecule has 0 aromatic heterocycles. The van der Waals surface area contributed by atoms with Crippen molar-refractivity contribution in [3.8, 4) is 0 Å². The van der Waals surface area contributed by atoms with Gasteiger partial charge in [0.05, 0.1) is 0 Å². The van der Waals surface area contributed by atoms with Crippen LogP contribution in [0.15, 0.2) is 0 Å². The summed E-state index contributed by atoms with van der Waals surface area (Å²) in [5.41, 5.74) is 0. The zero-order valence-electron chi connectivity index (χ0n) is 10.1. The van der Waals surface area contributed by atoms with E-state index in [1.165, 1.54) is 30.2 Å². The molecule has 1 heterocycles. The third-order valence-electron chi connectivity index (χ3n) is 3.23. The molecule has 82 valence electrons. The van der Waals surface area contributed by atoms with E-state index >= 15 is 0 Å². The van der Waals surface area contributed by atoms with E-state index in [0.717, 1.165) is 6.04 Å². The van der Waals surface area contributed by atoms with Crippen LogP contribution in [-0.4, -0.2) is 68.8 Å². The van der Waals surface area contributed by atoms with Crippen molar-refractivity contribution in [2.75, 3.05) is 39.6 Å². The van der Waals surface area contributed by atoms with Gasteiger partial charge in [0.1, 0.15) is 0 Å². The normalized spacial score (nSPS) is 24.6. The molecular weight excluding hydrogens is 189 g/mol. The molecule has 1 atom stereocenters. The molecule has 1 N–H and O–H groups in total. The van der Waals surface area contributed by atoms with Gasteiger partial charge in [-0.2, -0.15) is 0 Å². The second-order valence-corrected chi connectivity index (χ2v) is 7.88. The number of nitrogens with zero attached hydrogens (tertiary/aromatic N) is 2. The van der Waals surface area contributed by atoms with Gasteiger partial charge in [-0.3, -0.25) is 0 Å². The second kappa shape index (κ2) is 6.10.